The number of nitrogens with zero attached hydrogens (tertiary/aromatic N) is 1. The lowest BCUT2D eigenvalue weighted by molar-refractivity contribution is -0.139. The smallest absolute Gasteiger partial charge is 0.305 e. The minimum absolute atomic E-state index is 0.0266. The lowest BCUT2D eigenvalue weighted by Crippen LogP contribution is -2.54. The summed E-state index contributed by atoms with van der Waals surface area (Å²) in [6, 6.07) is 5.86. The van der Waals surface area contributed by atoms with Crippen molar-refractivity contribution >= 4 is 21.9 Å². The predicted octanol–water partition coefficient (Wildman–Crippen LogP) is 2.38. The lowest BCUT2D eigenvalue weighted by atomic mass is 9.74. The molecule has 1 aliphatic heterocycles. The van der Waals surface area contributed by atoms with E-state index in [-0.39, 0.29) is 23.3 Å². The second-order valence-corrected chi connectivity index (χ2v) is 9.53. The number of aliphatic carboxylic acids is 1. The molecule has 1 amide bonds. The predicted molar refractivity (Wildman–Crippen MR) is 99.9 cm³/mol. The third-order valence-corrected chi connectivity index (χ3v) is 7.67. The largest absolute Gasteiger partial charge is 0.481 e. The first-order valence-corrected chi connectivity index (χ1v) is 10.8. The molecular formula is C19H26N2O5S. The average molecular weight is 394 g/mol. The lowest BCUT2D eigenvalue weighted by Gasteiger charge is -2.41. The summed E-state index contributed by atoms with van der Waals surface area (Å²) in [4.78, 5) is 23.7. The highest BCUT2D eigenvalue weighted by atomic mass is 32.2. The van der Waals surface area contributed by atoms with Crippen LogP contribution in [0.15, 0.2) is 29.2 Å². The van der Waals surface area contributed by atoms with Crippen LogP contribution in [0.3, 0.4) is 0 Å². The molecule has 8 heteroatoms. The first-order valence-electron chi connectivity index (χ1n) is 9.40. The maximum atomic E-state index is 12.8. The summed E-state index contributed by atoms with van der Waals surface area (Å²) in [6.07, 6.45) is 4.82. The van der Waals surface area contributed by atoms with Crippen molar-refractivity contribution in [2.45, 2.75) is 68.3 Å². The Hall–Kier alpha value is -1.93. The Morgan fingerprint density at radius 2 is 1.85 bits per heavy atom. The molecule has 1 unspecified atom stereocenters. The number of carbonyl (C=O) groups is 2. The van der Waals surface area contributed by atoms with Gasteiger partial charge in [0.2, 0.25) is 10.0 Å². The molecule has 0 bridgehead atoms. The van der Waals surface area contributed by atoms with Crippen molar-refractivity contribution in [3.8, 4) is 0 Å². The van der Waals surface area contributed by atoms with Crippen LogP contribution in [0.5, 0.6) is 0 Å². The van der Waals surface area contributed by atoms with E-state index >= 15 is 0 Å². The molecule has 0 aromatic heterocycles. The van der Waals surface area contributed by atoms with Crippen LogP contribution in [0.1, 0.15) is 62.2 Å². The second-order valence-electron chi connectivity index (χ2n) is 7.64. The first kappa shape index (κ1) is 19.8. The van der Waals surface area contributed by atoms with Gasteiger partial charge in [0, 0.05) is 18.2 Å². The zero-order valence-corrected chi connectivity index (χ0v) is 16.3. The normalized spacial score (nSPS) is 22.6. The molecule has 0 radical (unpaired) electrons. The fraction of sp³-hybridized carbons (Fsp3) is 0.579. The number of carboxylic acids is 1. The zero-order chi connectivity index (χ0) is 19.7. The zero-order valence-electron chi connectivity index (χ0n) is 15.5. The molecule has 2 N–H and O–H groups in total. The molecule has 1 aliphatic carbocycles. The Morgan fingerprint density at radius 3 is 2.37 bits per heavy atom. The fourth-order valence-electron chi connectivity index (χ4n) is 3.89. The van der Waals surface area contributed by atoms with Gasteiger partial charge in [-0.25, -0.2) is 8.42 Å². The van der Waals surface area contributed by atoms with Gasteiger partial charge in [0.15, 0.2) is 0 Å². The monoisotopic (exact) mass is 394 g/mol. The van der Waals surface area contributed by atoms with Crippen LogP contribution in [0.4, 0.5) is 0 Å². The van der Waals surface area contributed by atoms with Gasteiger partial charge in [0.1, 0.15) is 0 Å². The van der Waals surface area contributed by atoms with E-state index in [1.807, 2.05) is 6.92 Å². The van der Waals surface area contributed by atoms with Gasteiger partial charge in [-0.3, -0.25) is 9.59 Å². The van der Waals surface area contributed by atoms with Crippen LogP contribution in [0, 0.1) is 0 Å². The SMILES string of the molecule is CC1CCCCN1S(=O)(=O)c1ccc(C(=O)NC2(CC(=O)O)CCC2)cc1. The number of sulfonamides is 1. The summed E-state index contributed by atoms with van der Waals surface area (Å²) in [5.41, 5.74) is -0.353. The Balaban J connectivity index is 1.73. The first-order chi connectivity index (χ1) is 12.7. The van der Waals surface area contributed by atoms with Crippen LogP contribution in [0.2, 0.25) is 0 Å². The maximum Gasteiger partial charge on any atom is 0.305 e. The summed E-state index contributed by atoms with van der Waals surface area (Å²) in [7, 11) is -3.57. The summed E-state index contributed by atoms with van der Waals surface area (Å²) in [6.45, 7) is 2.43. The third kappa shape index (κ3) is 4.16. The van der Waals surface area contributed by atoms with Crippen LogP contribution in [-0.4, -0.2) is 47.8 Å². The molecule has 1 heterocycles. The maximum absolute atomic E-state index is 12.8. The van der Waals surface area contributed by atoms with Gasteiger partial charge in [-0.05, 0) is 63.3 Å². The number of rotatable bonds is 6. The number of hydrogen-bond acceptors (Lipinski definition) is 4. The van der Waals surface area contributed by atoms with Gasteiger partial charge in [-0.2, -0.15) is 4.31 Å². The summed E-state index contributed by atoms with van der Waals surface area (Å²) in [5, 5.41) is 11.9. The molecule has 3 rings (SSSR count). The van der Waals surface area contributed by atoms with Crippen molar-refractivity contribution < 1.29 is 23.1 Å². The number of carboxylic acid groups (broad SMARTS) is 1. The number of carbonyl (C=O) groups excluding carboxylic acids is 1. The summed E-state index contributed by atoms with van der Waals surface area (Å²) >= 11 is 0. The summed E-state index contributed by atoms with van der Waals surface area (Å²) < 4.78 is 27.2. The molecule has 1 saturated carbocycles. The highest BCUT2D eigenvalue weighted by Gasteiger charge is 2.40. The van der Waals surface area contributed by atoms with Gasteiger partial charge in [0.25, 0.3) is 5.91 Å². The Labute approximate surface area is 159 Å². The van der Waals surface area contributed by atoms with Crippen LogP contribution in [-0.2, 0) is 14.8 Å². The molecule has 1 saturated heterocycles. The van der Waals surface area contributed by atoms with Gasteiger partial charge in [-0.15, -0.1) is 0 Å². The minimum Gasteiger partial charge on any atom is -0.481 e. The second kappa shape index (κ2) is 7.59. The number of benzene rings is 1. The van der Waals surface area contributed by atoms with Crippen molar-refractivity contribution in [1.82, 2.24) is 9.62 Å². The molecular weight excluding hydrogens is 368 g/mol. The molecule has 7 nitrogen and oxygen atoms in total. The molecule has 1 aromatic rings. The van der Waals surface area contributed by atoms with Crippen molar-refractivity contribution in [3.05, 3.63) is 29.8 Å². The Bertz CT molecular complexity index is 815. The van der Waals surface area contributed by atoms with Crippen LogP contribution < -0.4 is 5.32 Å². The number of piperidine rings is 1. The molecule has 0 spiro atoms. The molecule has 1 atom stereocenters. The number of nitrogens with one attached hydrogen (secondary N) is 1. The van der Waals surface area contributed by atoms with Crippen molar-refractivity contribution in [2.24, 2.45) is 0 Å². The highest BCUT2D eigenvalue weighted by Crippen LogP contribution is 2.35. The highest BCUT2D eigenvalue weighted by molar-refractivity contribution is 7.89. The van der Waals surface area contributed by atoms with E-state index < -0.39 is 21.5 Å². The van der Waals surface area contributed by atoms with Gasteiger partial charge in [-0.1, -0.05) is 6.42 Å². The number of amides is 1. The van der Waals surface area contributed by atoms with E-state index in [0.717, 1.165) is 25.7 Å². The van der Waals surface area contributed by atoms with E-state index in [1.54, 1.807) is 0 Å². The van der Waals surface area contributed by atoms with Crippen LogP contribution in [0.25, 0.3) is 0 Å². The molecule has 148 valence electrons. The third-order valence-electron chi connectivity index (χ3n) is 5.64. The fourth-order valence-corrected chi connectivity index (χ4v) is 5.59. The van der Waals surface area contributed by atoms with E-state index in [4.69, 9.17) is 5.11 Å². The topological polar surface area (TPSA) is 104 Å². The standard InChI is InChI=1S/C19H26N2O5S/c1-14-5-2-3-12-21(14)27(25,26)16-8-6-15(7-9-16)18(24)20-19(10-4-11-19)13-17(22)23/h6-9,14H,2-5,10-13H2,1H3,(H,20,24)(H,22,23). The average Bonchev–Trinajstić information content (AvgIpc) is 2.59. The molecule has 2 aliphatic rings. The van der Waals surface area contributed by atoms with E-state index in [2.05, 4.69) is 5.32 Å². The van der Waals surface area contributed by atoms with Crippen molar-refractivity contribution in [1.29, 1.82) is 0 Å². The van der Waals surface area contributed by atoms with E-state index in [1.165, 1.54) is 28.6 Å². The number of hydrogen-bond donors (Lipinski definition) is 2. The Kier molecular flexibility index (Phi) is 5.58. The minimum atomic E-state index is -3.57. The van der Waals surface area contributed by atoms with Gasteiger partial charge < -0.3 is 10.4 Å². The van der Waals surface area contributed by atoms with Gasteiger partial charge >= 0.3 is 5.97 Å². The summed E-state index contributed by atoms with van der Waals surface area (Å²) in [5.74, 6) is -1.31. The Morgan fingerprint density at radius 1 is 1.19 bits per heavy atom. The van der Waals surface area contributed by atoms with Gasteiger partial charge in [0.05, 0.1) is 16.9 Å². The van der Waals surface area contributed by atoms with Crippen LogP contribution >= 0.6 is 0 Å². The van der Waals surface area contributed by atoms with Crippen molar-refractivity contribution in [3.63, 3.8) is 0 Å². The van der Waals surface area contributed by atoms with E-state index in [9.17, 15) is 18.0 Å². The molecule has 2 fully saturated rings. The quantitative estimate of drug-likeness (QED) is 0.771. The molecule has 1 aromatic carbocycles. The van der Waals surface area contributed by atoms with Crippen molar-refractivity contribution in [2.75, 3.05) is 6.54 Å². The van der Waals surface area contributed by atoms with E-state index in [0.29, 0.717) is 24.9 Å². The molecule has 27 heavy (non-hydrogen) atoms.